The molecule has 3 rings (SSSR count). The van der Waals surface area contributed by atoms with E-state index in [1.807, 2.05) is 0 Å². The van der Waals surface area contributed by atoms with Crippen molar-refractivity contribution in [3.63, 3.8) is 0 Å². The summed E-state index contributed by atoms with van der Waals surface area (Å²) < 4.78 is 26.4. The SMILES string of the molecule is N[C@H](Cc1cc(F)cc(F)c1)CN1C(=O)c2ccccc2C1=O. The molecule has 0 radical (unpaired) electrons. The second-order valence-corrected chi connectivity index (χ2v) is 5.51. The van der Waals surface area contributed by atoms with Crippen LogP contribution in [0.5, 0.6) is 0 Å². The highest BCUT2D eigenvalue weighted by molar-refractivity contribution is 6.21. The van der Waals surface area contributed by atoms with Crippen LogP contribution in [0, 0.1) is 11.6 Å². The third-order valence-electron chi connectivity index (χ3n) is 3.72. The van der Waals surface area contributed by atoms with Crippen LogP contribution in [0.1, 0.15) is 26.3 Å². The molecule has 0 saturated carbocycles. The van der Waals surface area contributed by atoms with E-state index >= 15 is 0 Å². The number of imide groups is 1. The van der Waals surface area contributed by atoms with Gasteiger partial charge in [0.2, 0.25) is 0 Å². The fourth-order valence-electron chi connectivity index (χ4n) is 2.74. The summed E-state index contributed by atoms with van der Waals surface area (Å²) in [6, 6.07) is 9.08. The van der Waals surface area contributed by atoms with Crippen molar-refractivity contribution in [1.29, 1.82) is 0 Å². The molecular weight excluding hydrogens is 302 g/mol. The summed E-state index contributed by atoms with van der Waals surface area (Å²) in [7, 11) is 0. The molecule has 2 N–H and O–H groups in total. The van der Waals surface area contributed by atoms with Crippen LogP contribution in [-0.4, -0.2) is 29.3 Å². The van der Waals surface area contributed by atoms with Crippen LogP contribution in [0.15, 0.2) is 42.5 Å². The topological polar surface area (TPSA) is 63.4 Å². The Morgan fingerprint density at radius 1 is 0.957 bits per heavy atom. The maximum Gasteiger partial charge on any atom is 0.261 e. The lowest BCUT2D eigenvalue weighted by Gasteiger charge is -2.19. The summed E-state index contributed by atoms with van der Waals surface area (Å²) >= 11 is 0. The third kappa shape index (κ3) is 2.98. The summed E-state index contributed by atoms with van der Waals surface area (Å²) in [4.78, 5) is 25.5. The molecule has 2 amide bonds. The molecule has 4 nitrogen and oxygen atoms in total. The first kappa shape index (κ1) is 15.3. The minimum atomic E-state index is -0.687. The Balaban J connectivity index is 1.73. The number of carbonyl (C=O) groups is 2. The second kappa shape index (κ2) is 5.89. The molecule has 0 saturated heterocycles. The molecule has 1 aliphatic rings. The highest BCUT2D eigenvalue weighted by Gasteiger charge is 2.35. The van der Waals surface area contributed by atoms with Gasteiger partial charge in [0.15, 0.2) is 0 Å². The zero-order chi connectivity index (χ0) is 16.6. The van der Waals surface area contributed by atoms with Crippen molar-refractivity contribution >= 4 is 11.8 Å². The number of rotatable bonds is 4. The first-order chi connectivity index (χ1) is 11.0. The fraction of sp³-hybridized carbons (Fsp3) is 0.176. The molecule has 0 fully saturated rings. The minimum absolute atomic E-state index is 0.00945. The first-order valence-corrected chi connectivity index (χ1v) is 7.11. The van der Waals surface area contributed by atoms with Gasteiger partial charge in [-0.25, -0.2) is 8.78 Å². The number of benzene rings is 2. The lowest BCUT2D eigenvalue weighted by Crippen LogP contribution is -2.41. The van der Waals surface area contributed by atoms with Gasteiger partial charge in [0.25, 0.3) is 11.8 Å². The van der Waals surface area contributed by atoms with Crippen molar-refractivity contribution in [3.8, 4) is 0 Å². The Hall–Kier alpha value is -2.60. The number of nitrogens with two attached hydrogens (primary N) is 1. The number of nitrogens with zero attached hydrogens (tertiary/aromatic N) is 1. The number of hydrogen-bond donors (Lipinski definition) is 1. The number of fused-ring (bicyclic) bond motifs is 1. The molecule has 0 spiro atoms. The van der Waals surface area contributed by atoms with Crippen LogP contribution in [0.2, 0.25) is 0 Å². The largest absolute Gasteiger partial charge is 0.326 e. The standard InChI is InChI=1S/C17H14F2N2O2/c18-11-5-10(6-12(19)8-11)7-13(20)9-21-16(22)14-3-1-2-4-15(14)17(21)23/h1-6,8,13H,7,9,20H2/t13-/m1/s1. The van der Waals surface area contributed by atoms with E-state index in [1.54, 1.807) is 24.3 Å². The Kier molecular flexibility index (Phi) is 3.92. The van der Waals surface area contributed by atoms with E-state index in [-0.39, 0.29) is 13.0 Å². The Morgan fingerprint density at radius 2 is 1.48 bits per heavy atom. The third-order valence-corrected chi connectivity index (χ3v) is 3.72. The van der Waals surface area contributed by atoms with Crippen LogP contribution in [0.3, 0.4) is 0 Å². The van der Waals surface area contributed by atoms with E-state index in [4.69, 9.17) is 5.73 Å². The van der Waals surface area contributed by atoms with Gasteiger partial charge in [0.1, 0.15) is 11.6 Å². The quantitative estimate of drug-likeness (QED) is 0.879. The molecule has 0 aromatic heterocycles. The molecular formula is C17H14F2N2O2. The summed E-state index contributed by atoms with van der Waals surface area (Å²) in [5, 5.41) is 0. The smallest absolute Gasteiger partial charge is 0.261 e. The number of amides is 2. The van der Waals surface area contributed by atoms with Gasteiger partial charge in [0, 0.05) is 18.7 Å². The number of hydrogen-bond acceptors (Lipinski definition) is 3. The first-order valence-electron chi connectivity index (χ1n) is 7.11. The van der Waals surface area contributed by atoms with Crippen molar-refractivity contribution in [1.82, 2.24) is 4.90 Å². The summed E-state index contributed by atoms with van der Waals surface area (Å²) in [5.74, 6) is -2.17. The van der Waals surface area contributed by atoms with Crippen molar-refractivity contribution in [2.75, 3.05) is 6.54 Å². The maximum atomic E-state index is 13.2. The van der Waals surface area contributed by atoms with Gasteiger partial charge in [-0.05, 0) is 36.2 Å². The molecule has 6 heteroatoms. The fourth-order valence-corrected chi connectivity index (χ4v) is 2.74. The molecule has 23 heavy (non-hydrogen) atoms. The van der Waals surface area contributed by atoms with Crippen LogP contribution >= 0.6 is 0 Å². The Labute approximate surface area is 131 Å². The zero-order valence-corrected chi connectivity index (χ0v) is 12.1. The number of halogens is 2. The minimum Gasteiger partial charge on any atom is -0.326 e. The normalized spacial score (nSPS) is 15.0. The lowest BCUT2D eigenvalue weighted by molar-refractivity contribution is 0.0644. The van der Waals surface area contributed by atoms with Gasteiger partial charge in [-0.2, -0.15) is 0 Å². The molecule has 2 aromatic rings. The molecule has 0 aliphatic carbocycles. The van der Waals surface area contributed by atoms with E-state index in [2.05, 4.69) is 0 Å². The highest BCUT2D eigenvalue weighted by Crippen LogP contribution is 2.22. The van der Waals surface area contributed by atoms with Crippen molar-refractivity contribution in [2.24, 2.45) is 5.73 Å². The summed E-state index contributed by atoms with van der Waals surface area (Å²) in [5.41, 5.74) is 7.03. The molecule has 0 bridgehead atoms. The monoisotopic (exact) mass is 316 g/mol. The summed E-state index contributed by atoms with van der Waals surface area (Å²) in [6.07, 6.45) is 0.155. The van der Waals surface area contributed by atoms with E-state index in [1.165, 1.54) is 12.1 Å². The average molecular weight is 316 g/mol. The van der Waals surface area contributed by atoms with Gasteiger partial charge < -0.3 is 5.73 Å². The van der Waals surface area contributed by atoms with Gasteiger partial charge in [-0.1, -0.05) is 12.1 Å². The van der Waals surface area contributed by atoms with Crippen LogP contribution in [-0.2, 0) is 6.42 Å². The predicted molar refractivity (Wildman–Crippen MR) is 79.8 cm³/mol. The maximum absolute atomic E-state index is 13.2. The van der Waals surface area contributed by atoms with Crippen LogP contribution in [0.4, 0.5) is 8.78 Å². The predicted octanol–water partition coefficient (Wildman–Crippen LogP) is 2.13. The Morgan fingerprint density at radius 3 is 2.00 bits per heavy atom. The van der Waals surface area contributed by atoms with Gasteiger partial charge >= 0.3 is 0 Å². The van der Waals surface area contributed by atoms with E-state index in [9.17, 15) is 18.4 Å². The zero-order valence-electron chi connectivity index (χ0n) is 12.1. The van der Waals surface area contributed by atoms with E-state index in [0.717, 1.165) is 11.0 Å². The second-order valence-electron chi connectivity index (χ2n) is 5.51. The average Bonchev–Trinajstić information content (AvgIpc) is 2.72. The Bertz CT molecular complexity index is 737. The van der Waals surface area contributed by atoms with Crippen molar-refractivity contribution in [3.05, 3.63) is 70.8 Å². The van der Waals surface area contributed by atoms with Crippen molar-refractivity contribution < 1.29 is 18.4 Å². The van der Waals surface area contributed by atoms with Gasteiger partial charge in [-0.3, -0.25) is 14.5 Å². The molecule has 1 aliphatic heterocycles. The van der Waals surface area contributed by atoms with Gasteiger partial charge in [-0.15, -0.1) is 0 Å². The molecule has 0 unspecified atom stereocenters. The van der Waals surface area contributed by atoms with E-state index < -0.39 is 29.5 Å². The van der Waals surface area contributed by atoms with Crippen LogP contribution < -0.4 is 5.73 Å². The highest BCUT2D eigenvalue weighted by atomic mass is 19.1. The number of carbonyl (C=O) groups excluding carboxylic acids is 2. The molecule has 2 aromatic carbocycles. The summed E-state index contributed by atoms with van der Waals surface area (Å²) in [6.45, 7) is -0.00945. The molecule has 1 heterocycles. The molecule has 118 valence electrons. The molecule has 1 atom stereocenters. The van der Waals surface area contributed by atoms with E-state index in [0.29, 0.717) is 16.7 Å². The van der Waals surface area contributed by atoms with Crippen LogP contribution in [0.25, 0.3) is 0 Å². The van der Waals surface area contributed by atoms with Crippen molar-refractivity contribution in [2.45, 2.75) is 12.5 Å². The lowest BCUT2D eigenvalue weighted by atomic mass is 10.1. The van der Waals surface area contributed by atoms with Gasteiger partial charge in [0.05, 0.1) is 11.1 Å².